The number of nitrogens with zero attached hydrogens (tertiary/aromatic N) is 2. The maximum Gasteiger partial charge on any atom is 0.213 e. The zero-order valence-corrected chi connectivity index (χ0v) is 10.3. The molecule has 0 unspecified atom stereocenters. The maximum absolute atomic E-state index is 12.8. The van der Waals surface area contributed by atoms with E-state index < -0.39 is 0 Å². The van der Waals surface area contributed by atoms with Crippen LogP contribution in [0, 0.1) is 23.6 Å². The van der Waals surface area contributed by atoms with Crippen LogP contribution in [0.3, 0.4) is 0 Å². The fraction of sp³-hybridized carbons (Fsp3) is 0.643. The fourth-order valence-electron chi connectivity index (χ4n) is 4.13. The Labute approximate surface area is 106 Å². The van der Waals surface area contributed by atoms with E-state index in [9.17, 15) is 4.39 Å². The number of pyridine rings is 1. The molecule has 4 bridgehead atoms. The number of halogens is 1. The van der Waals surface area contributed by atoms with Crippen molar-refractivity contribution in [1.82, 2.24) is 9.88 Å². The van der Waals surface area contributed by atoms with Gasteiger partial charge in [0.05, 0.1) is 6.20 Å². The standard InChI is InChI=1S/C14H17FN2O/c15-12-1-2-13(16-5-12)18-14-10-3-9-4-11(14)8-17(6-9)7-10/h1-2,5,9-11,14H,3-4,6-8H2/t9?,10-,11-,14?/m0/s1. The minimum atomic E-state index is -0.307. The topological polar surface area (TPSA) is 25.4 Å². The molecule has 18 heavy (non-hydrogen) atoms. The summed E-state index contributed by atoms with van der Waals surface area (Å²) < 4.78 is 18.9. The maximum atomic E-state index is 12.8. The molecule has 0 N–H and O–H groups in total. The molecule has 0 spiro atoms. The Bertz CT molecular complexity index is 420. The molecule has 96 valence electrons. The lowest BCUT2D eigenvalue weighted by molar-refractivity contribution is -0.0997. The summed E-state index contributed by atoms with van der Waals surface area (Å²) in [6.07, 6.45) is 4.10. The van der Waals surface area contributed by atoms with Gasteiger partial charge >= 0.3 is 0 Å². The van der Waals surface area contributed by atoms with E-state index in [0.29, 0.717) is 17.7 Å². The Morgan fingerprint density at radius 3 is 2.56 bits per heavy atom. The van der Waals surface area contributed by atoms with E-state index in [1.165, 1.54) is 44.7 Å². The summed E-state index contributed by atoms with van der Waals surface area (Å²) in [5.41, 5.74) is 0. The summed E-state index contributed by atoms with van der Waals surface area (Å²) in [5.74, 6) is 2.43. The first-order valence-corrected chi connectivity index (χ1v) is 6.78. The summed E-state index contributed by atoms with van der Waals surface area (Å²) in [6.45, 7) is 3.62. The molecule has 2 atom stereocenters. The van der Waals surface area contributed by atoms with E-state index in [0.717, 1.165) is 5.92 Å². The monoisotopic (exact) mass is 248 g/mol. The number of aromatic nitrogens is 1. The number of ether oxygens (including phenoxy) is 1. The predicted molar refractivity (Wildman–Crippen MR) is 64.8 cm³/mol. The van der Waals surface area contributed by atoms with Gasteiger partial charge in [0, 0.05) is 37.5 Å². The van der Waals surface area contributed by atoms with Gasteiger partial charge in [-0.2, -0.15) is 0 Å². The van der Waals surface area contributed by atoms with E-state index in [4.69, 9.17) is 4.74 Å². The van der Waals surface area contributed by atoms with Gasteiger partial charge < -0.3 is 9.64 Å². The molecular formula is C14H17FN2O. The van der Waals surface area contributed by atoms with Gasteiger partial charge in [0.25, 0.3) is 0 Å². The van der Waals surface area contributed by atoms with Gasteiger partial charge in [-0.25, -0.2) is 9.37 Å². The van der Waals surface area contributed by atoms with Crippen molar-refractivity contribution >= 4 is 0 Å². The molecule has 1 aliphatic carbocycles. The summed E-state index contributed by atoms with van der Waals surface area (Å²) in [6, 6.07) is 3.06. The molecule has 1 saturated carbocycles. The number of hydrogen-bond acceptors (Lipinski definition) is 3. The highest BCUT2D eigenvalue weighted by atomic mass is 19.1. The molecule has 5 rings (SSSR count). The number of piperidine rings is 3. The summed E-state index contributed by atoms with van der Waals surface area (Å²) in [7, 11) is 0. The van der Waals surface area contributed by atoms with Gasteiger partial charge in [-0.05, 0) is 24.8 Å². The molecule has 0 aromatic carbocycles. The molecule has 3 saturated heterocycles. The average Bonchev–Trinajstić information content (AvgIpc) is 2.35. The highest BCUT2D eigenvalue weighted by Gasteiger charge is 2.48. The molecule has 3 nitrogen and oxygen atoms in total. The third kappa shape index (κ3) is 1.70. The first-order chi connectivity index (χ1) is 8.78. The smallest absolute Gasteiger partial charge is 0.213 e. The van der Waals surface area contributed by atoms with Crippen LogP contribution in [0.1, 0.15) is 12.8 Å². The van der Waals surface area contributed by atoms with Crippen molar-refractivity contribution in [3.05, 3.63) is 24.1 Å². The molecule has 4 heteroatoms. The van der Waals surface area contributed by atoms with Crippen LogP contribution in [0.5, 0.6) is 5.88 Å². The lowest BCUT2D eigenvalue weighted by atomic mass is 9.66. The van der Waals surface area contributed by atoms with E-state index >= 15 is 0 Å². The normalized spacial score (nSPS) is 41.1. The Kier molecular flexibility index (Phi) is 2.34. The number of hydrogen-bond donors (Lipinski definition) is 0. The van der Waals surface area contributed by atoms with E-state index in [1.54, 1.807) is 6.07 Å². The second-order valence-electron chi connectivity index (χ2n) is 5.97. The molecule has 0 amide bonds. The van der Waals surface area contributed by atoms with Crippen LogP contribution >= 0.6 is 0 Å². The van der Waals surface area contributed by atoms with Crippen molar-refractivity contribution in [2.24, 2.45) is 17.8 Å². The van der Waals surface area contributed by atoms with Crippen molar-refractivity contribution in [1.29, 1.82) is 0 Å². The third-order valence-electron chi connectivity index (χ3n) is 4.66. The van der Waals surface area contributed by atoms with E-state index in [1.807, 2.05) is 0 Å². The molecular weight excluding hydrogens is 231 g/mol. The second-order valence-corrected chi connectivity index (χ2v) is 5.97. The van der Waals surface area contributed by atoms with Crippen LogP contribution in [0.25, 0.3) is 0 Å². The second kappa shape index (κ2) is 3.92. The minimum Gasteiger partial charge on any atom is -0.474 e. The van der Waals surface area contributed by atoms with Crippen molar-refractivity contribution in [3.63, 3.8) is 0 Å². The van der Waals surface area contributed by atoms with Crippen molar-refractivity contribution in [2.75, 3.05) is 19.6 Å². The van der Waals surface area contributed by atoms with Crippen LogP contribution in [0.15, 0.2) is 18.3 Å². The van der Waals surface area contributed by atoms with Gasteiger partial charge in [-0.15, -0.1) is 0 Å². The fourth-order valence-corrected chi connectivity index (χ4v) is 4.13. The molecule has 0 radical (unpaired) electrons. The Morgan fingerprint density at radius 2 is 1.94 bits per heavy atom. The molecule has 1 aromatic heterocycles. The Morgan fingerprint density at radius 1 is 1.17 bits per heavy atom. The minimum absolute atomic E-state index is 0.288. The van der Waals surface area contributed by atoms with Gasteiger partial charge in [0.15, 0.2) is 0 Å². The summed E-state index contributed by atoms with van der Waals surface area (Å²) in [5, 5.41) is 0. The SMILES string of the molecule is Fc1ccc(OC2[C@H]3CC4C[C@H]2CN(C4)C3)nc1. The molecule has 4 heterocycles. The van der Waals surface area contributed by atoms with Gasteiger partial charge in [0.1, 0.15) is 11.9 Å². The highest BCUT2D eigenvalue weighted by Crippen LogP contribution is 2.44. The van der Waals surface area contributed by atoms with Crippen LogP contribution in [-0.2, 0) is 0 Å². The van der Waals surface area contributed by atoms with E-state index in [-0.39, 0.29) is 11.9 Å². The first-order valence-electron chi connectivity index (χ1n) is 6.78. The van der Waals surface area contributed by atoms with E-state index in [2.05, 4.69) is 9.88 Å². The van der Waals surface area contributed by atoms with Crippen LogP contribution in [0.4, 0.5) is 4.39 Å². The third-order valence-corrected chi connectivity index (χ3v) is 4.66. The van der Waals surface area contributed by atoms with Crippen molar-refractivity contribution < 1.29 is 9.13 Å². The summed E-state index contributed by atoms with van der Waals surface area (Å²) >= 11 is 0. The zero-order chi connectivity index (χ0) is 12.1. The lowest BCUT2D eigenvalue weighted by Crippen LogP contribution is -2.61. The molecule has 4 fully saturated rings. The molecule has 1 aromatic rings. The highest BCUT2D eigenvalue weighted by molar-refractivity contribution is 5.13. The predicted octanol–water partition coefficient (Wildman–Crippen LogP) is 1.94. The Hall–Kier alpha value is -1.16. The van der Waals surface area contributed by atoms with Gasteiger partial charge in [0.2, 0.25) is 5.88 Å². The average molecular weight is 248 g/mol. The quantitative estimate of drug-likeness (QED) is 0.799. The largest absolute Gasteiger partial charge is 0.474 e. The van der Waals surface area contributed by atoms with Crippen LogP contribution in [0.2, 0.25) is 0 Å². The first kappa shape index (κ1) is 10.7. The molecule has 3 aliphatic heterocycles. The molecule has 4 aliphatic rings. The summed E-state index contributed by atoms with van der Waals surface area (Å²) in [4.78, 5) is 6.59. The zero-order valence-electron chi connectivity index (χ0n) is 10.3. The Balaban J connectivity index is 1.53. The van der Waals surface area contributed by atoms with Crippen molar-refractivity contribution in [2.45, 2.75) is 18.9 Å². The van der Waals surface area contributed by atoms with Crippen LogP contribution in [-0.4, -0.2) is 35.6 Å². The van der Waals surface area contributed by atoms with Gasteiger partial charge in [-0.3, -0.25) is 0 Å². The lowest BCUT2D eigenvalue weighted by Gasteiger charge is -2.55. The van der Waals surface area contributed by atoms with Gasteiger partial charge in [-0.1, -0.05) is 0 Å². The van der Waals surface area contributed by atoms with Crippen LogP contribution < -0.4 is 4.74 Å². The number of rotatable bonds is 2. The van der Waals surface area contributed by atoms with Crippen molar-refractivity contribution in [3.8, 4) is 5.88 Å².